The van der Waals surface area contributed by atoms with Gasteiger partial charge < -0.3 is 10.6 Å². The maximum atomic E-state index is 13.8. The number of amides is 2. The van der Waals surface area contributed by atoms with Gasteiger partial charge in [0.15, 0.2) is 0 Å². The Labute approximate surface area is 148 Å². The molecule has 1 heterocycles. The van der Waals surface area contributed by atoms with Crippen LogP contribution in [0.2, 0.25) is 0 Å². The third-order valence-electron chi connectivity index (χ3n) is 3.88. The van der Waals surface area contributed by atoms with Crippen LogP contribution in [0, 0.1) is 11.6 Å². The summed E-state index contributed by atoms with van der Waals surface area (Å²) >= 11 is 1.32. The monoisotopic (exact) mass is 362 g/mol. The summed E-state index contributed by atoms with van der Waals surface area (Å²) in [6, 6.07) is 9.95. The van der Waals surface area contributed by atoms with Crippen LogP contribution in [0.1, 0.15) is 24.9 Å². The van der Waals surface area contributed by atoms with Crippen LogP contribution in [0.15, 0.2) is 47.4 Å². The van der Waals surface area contributed by atoms with Crippen LogP contribution in [0.25, 0.3) is 0 Å². The van der Waals surface area contributed by atoms with Crippen LogP contribution in [-0.2, 0) is 9.59 Å². The molecule has 0 saturated heterocycles. The van der Waals surface area contributed by atoms with E-state index in [2.05, 4.69) is 10.6 Å². The fourth-order valence-electron chi connectivity index (χ4n) is 2.63. The Hall–Kier alpha value is -2.41. The van der Waals surface area contributed by atoms with E-state index in [1.54, 1.807) is 13.0 Å². The van der Waals surface area contributed by atoms with E-state index in [0.29, 0.717) is 0 Å². The SMILES string of the molecule is C[C@H](NC(=O)C[C@H]1Sc2ccccc2NC1=O)c1ccc(F)cc1F. The molecule has 2 aromatic carbocycles. The number of rotatable bonds is 4. The van der Waals surface area contributed by atoms with E-state index in [1.807, 2.05) is 18.2 Å². The highest BCUT2D eigenvalue weighted by Crippen LogP contribution is 2.36. The first kappa shape index (κ1) is 17.4. The molecule has 0 unspecified atom stereocenters. The Kier molecular flexibility index (Phi) is 5.03. The molecule has 2 N–H and O–H groups in total. The first-order valence-electron chi connectivity index (χ1n) is 7.75. The van der Waals surface area contributed by atoms with Crippen molar-refractivity contribution in [3.63, 3.8) is 0 Å². The number of fused-ring (bicyclic) bond motifs is 1. The molecule has 0 spiro atoms. The van der Waals surface area contributed by atoms with Gasteiger partial charge in [-0.2, -0.15) is 0 Å². The van der Waals surface area contributed by atoms with Gasteiger partial charge in [-0.3, -0.25) is 9.59 Å². The van der Waals surface area contributed by atoms with Crippen LogP contribution in [0.3, 0.4) is 0 Å². The average Bonchev–Trinajstić information content (AvgIpc) is 2.55. The van der Waals surface area contributed by atoms with E-state index in [4.69, 9.17) is 0 Å². The number of hydrogen-bond donors (Lipinski definition) is 2. The van der Waals surface area contributed by atoms with Crippen LogP contribution in [-0.4, -0.2) is 17.1 Å². The van der Waals surface area contributed by atoms with E-state index < -0.39 is 22.9 Å². The standard InChI is InChI=1S/C18H16F2N2O2S/c1-10(12-7-6-11(19)8-13(12)20)21-17(23)9-16-18(24)22-14-4-2-3-5-15(14)25-16/h2-8,10,16H,9H2,1H3,(H,21,23)(H,22,24)/t10-,16+/m0/s1. The summed E-state index contributed by atoms with van der Waals surface area (Å²) < 4.78 is 26.8. The van der Waals surface area contributed by atoms with E-state index in [9.17, 15) is 18.4 Å². The third kappa shape index (κ3) is 3.99. The first-order chi connectivity index (χ1) is 11.9. The van der Waals surface area contributed by atoms with Gasteiger partial charge in [-0.25, -0.2) is 8.78 Å². The number of benzene rings is 2. The van der Waals surface area contributed by atoms with Crippen molar-refractivity contribution in [3.05, 3.63) is 59.7 Å². The van der Waals surface area contributed by atoms with Crippen molar-refractivity contribution < 1.29 is 18.4 Å². The highest BCUT2D eigenvalue weighted by atomic mass is 32.2. The maximum Gasteiger partial charge on any atom is 0.238 e. The van der Waals surface area contributed by atoms with E-state index in [0.717, 1.165) is 22.7 Å². The lowest BCUT2D eigenvalue weighted by molar-refractivity contribution is -0.124. The van der Waals surface area contributed by atoms with Crippen molar-refractivity contribution >= 4 is 29.3 Å². The molecule has 2 amide bonds. The average molecular weight is 362 g/mol. The van der Waals surface area contributed by atoms with Gasteiger partial charge in [0.1, 0.15) is 11.6 Å². The summed E-state index contributed by atoms with van der Waals surface area (Å²) in [4.78, 5) is 25.3. The number of anilines is 1. The number of hydrogen-bond acceptors (Lipinski definition) is 3. The molecule has 0 aliphatic carbocycles. The molecule has 25 heavy (non-hydrogen) atoms. The molecule has 4 nitrogen and oxygen atoms in total. The zero-order valence-corrected chi connectivity index (χ0v) is 14.2. The number of carbonyl (C=O) groups excluding carboxylic acids is 2. The summed E-state index contributed by atoms with van der Waals surface area (Å²) in [6.45, 7) is 1.61. The van der Waals surface area contributed by atoms with Crippen molar-refractivity contribution in [3.8, 4) is 0 Å². The normalized spacial score (nSPS) is 17.4. The Morgan fingerprint density at radius 2 is 2.04 bits per heavy atom. The Balaban J connectivity index is 1.63. The Morgan fingerprint density at radius 3 is 2.80 bits per heavy atom. The molecule has 0 aromatic heterocycles. The van der Waals surface area contributed by atoms with Crippen LogP contribution >= 0.6 is 11.8 Å². The highest BCUT2D eigenvalue weighted by molar-refractivity contribution is 8.01. The number of thioether (sulfide) groups is 1. The summed E-state index contributed by atoms with van der Waals surface area (Å²) in [6.07, 6.45) is -0.0298. The van der Waals surface area contributed by atoms with Gasteiger partial charge in [-0.05, 0) is 25.1 Å². The minimum Gasteiger partial charge on any atom is -0.349 e. The zero-order valence-electron chi connectivity index (χ0n) is 13.4. The minimum atomic E-state index is -0.716. The molecule has 1 aliphatic heterocycles. The Morgan fingerprint density at radius 1 is 1.28 bits per heavy atom. The van der Waals surface area contributed by atoms with Crippen LogP contribution in [0.4, 0.5) is 14.5 Å². The van der Waals surface area contributed by atoms with Gasteiger partial charge in [-0.1, -0.05) is 18.2 Å². The number of halogens is 2. The number of nitrogens with one attached hydrogen (secondary N) is 2. The lowest BCUT2D eigenvalue weighted by atomic mass is 10.1. The molecule has 2 aromatic rings. The lowest BCUT2D eigenvalue weighted by Gasteiger charge is -2.24. The molecule has 2 atom stereocenters. The predicted molar refractivity (Wildman–Crippen MR) is 92.2 cm³/mol. The summed E-state index contributed by atoms with van der Waals surface area (Å²) in [7, 11) is 0. The molecule has 1 aliphatic rings. The molecule has 130 valence electrons. The maximum absolute atomic E-state index is 13.8. The van der Waals surface area contributed by atoms with E-state index >= 15 is 0 Å². The molecule has 0 fully saturated rings. The molecule has 0 radical (unpaired) electrons. The Bertz CT molecular complexity index is 828. The lowest BCUT2D eigenvalue weighted by Crippen LogP contribution is -2.35. The molecule has 0 saturated carbocycles. The third-order valence-corrected chi connectivity index (χ3v) is 5.16. The summed E-state index contributed by atoms with van der Waals surface area (Å²) in [5.74, 6) is -2.00. The second-order valence-corrected chi connectivity index (χ2v) is 7.00. The zero-order chi connectivity index (χ0) is 18.0. The molecular formula is C18H16F2N2O2S. The van der Waals surface area contributed by atoms with Gasteiger partial charge in [0.05, 0.1) is 17.0 Å². The minimum absolute atomic E-state index is 0.0298. The van der Waals surface area contributed by atoms with Crippen molar-refractivity contribution in [1.82, 2.24) is 5.32 Å². The fraction of sp³-hybridized carbons (Fsp3) is 0.222. The number of carbonyl (C=O) groups is 2. The molecule has 0 bridgehead atoms. The van der Waals surface area contributed by atoms with Gasteiger partial charge in [0.25, 0.3) is 0 Å². The summed E-state index contributed by atoms with van der Waals surface area (Å²) in [5, 5.41) is 4.87. The molecule has 3 rings (SSSR count). The molecule has 7 heteroatoms. The van der Waals surface area contributed by atoms with Crippen molar-refractivity contribution in [2.75, 3.05) is 5.32 Å². The smallest absolute Gasteiger partial charge is 0.238 e. The first-order valence-corrected chi connectivity index (χ1v) is 8.63. The van der Waals surface area contributed by atoms with Gasteiger partial charge in [0, 0.05) is 22.9 Å². The van der Waals surface area contributed by atoms with Gasteiger partial charge in [0.2, 0.25) is 11.8 Å². The van der Waals surface area contributed by atoms with Gasteiger partial charge >= 0.3 is 0 Å². The topological polar surface area (TPSA) is 58.2 Å². The van der Waals surface area contributed by atoms with Crippen molar-refractivity contribution in [2.45, 2.75) is 29.5 Å². The van der Waals surface area contributed by atoms with E-state index in [-0.39, 0.29) is 23.8 Å². The van der Waals surface area contributed by atoms with Crippen molar-refractivity contribution in [2.24, 2.45) is 0 Å². The molecular weight excluding hydrogens is 346 g/mol. The number of para-hydroxylation sites is 1. The fourth-order valence-corrected chi connectivity index (χ4v) is 3.74. The highest BCUT2D eigenvalue weighted by Gasteiger charge is 2.29. The van der Waals surface area contributed by atoms with E-state index in [1.165, 1.54) is 17.8 Å². The second-order valence-electron chi connectivity index (χ2n) is 5.75. The van der Waals surface area contributed by atoms with Crippen LogP contribution in [0.5, 0.6) is 0 Å². The second kappa shape index (κ2) is 7.23. The largest absolute Gasteiger partial charge is 0.349 e. The van der Waals surface area contributed by atoms with Gasteiger partial charge in [-0.15, -0.1) is 11.8 Å². The van der Waals surface area contributed by atoms with Crippen LogP contribution < -0.4 is 10.6 Å². The summed E-state index contributed by atoms with van der Waals surface area (Å²) in [5.41, 5.74) is 0.928. The predicted octanol–water partition coefficient (Wildman–Crippen LogP) is 3.65. The quantitative estimate of drug-likeness (QED) is 0.873. The van der Waals surface area contributed by atoms with Crippen molar-refractivity contribution in [1.29, 1.82) is 0 Å².